The molecule has 0 bridgehead atoms. The Balaban J connectivity index is 2.13. The van der Waals surface area contributed by atoms with E-state index in [0.29, 0.717) is 0 Å². The highest BCUT2D eigenvalue weighted by atomic mass is 16.3. The van der Waals surface area contributed by atoms with Crippen molar-refractivity contribution in [3.8, 4) is 0 Å². The van der Waals surface area contributed by atoms with Crippen molar-refractivity contribution in [3.05, 3.63) is 70.8 Å². The number of aliphatic hydroxyl groups is 1. The molecule has 0 radical (unpaired) electrons. The largest absolute Gasteiger partial charge is 0.386 e. The highest BCUT2D eigenvalue weighted by molar-refractivity contribution is 5.69. The summed E-state index contributed by atoms with van der Waals surface area (Å²) in [4.78, 5) is 0. The Bertz CT molecular complexity index is 554. The number of benzene rings is 2. The monoisotopic (exact) mass is 252 g/mol. The van der Waals surface area contributed by atoms with Crippen molar-refractivity contribution in [2.24, 2.45) is 0 Å². The zero-order valence-electron chi connectivity index (χ0n) is 11.7. The van der Waals surface area contributed by atoms with Gasteiger partial charge in [0.2, 0.25) is 0 Å². The first-order valence-electron chi connectivity index (χ1n) is 6.53. The van der Waals surface area contributed by atoms with E-state index in [-0.39, 0.29) is 0 Å². The van der Waals surface area contributed by atoms with Crippen LogP contribution < -0.4 is 0 Å². The van der Waals surface area contributed by atoms with Gasteiger partial charge in [0.25, 0.3) is 0 Å². The van der Waals surface area contributed by atoms with E-state index in [9.17, 15) is 5.11 Å². The van der Waals surface area contributed by atoms with Crippen LogP contribution in [0.4, 0.5) is 0 Å². The standard InChI is InChI=1S/C18H20O/c1-14-4-6-15(7-5-14)8-9-16-10-12-17(13-11-16)18(2,3)19/h4-13,19H,1-3H3/b9-8+. The zero-order valence-corrected chi connectivity index (χ0v) is 11.7. The molecule has 2 rings (SSSR count). The average molecular weight is 252 g/mol. The highest BCUT2D eigenvalue weighted by Gasteiger charge is 2.14. The van der Waals surface area contributed by atoms with Gasteiger partial charge in [-0.3, -0.25) is 0 Å². The summed E-state index contributed by atoms with van der Waals surface area (Å²) in [5.41, 5.74) is 3.75. The summed E-state index contributed by atoms with van der Waals surface area (Å²) in [6.45, 7) is 5.68. The Hall–Kier alpha value is -1.86. The SMILES string of the molecule is Cc1ccc(/C=C/c2ccc(C(C)(C)O)cc2)cc1. The lowest BCUT2D eigenvalue weighted by Gasteiger charge is -2.17. The lowest BCUT2D eigenvalue weighted by molar-refractivity contribution is 0.0786. The molecule has 0 aliphatic heterocycles. The minimum Gasteiger partial charge on any atom is -0.386 e. The maximum Gasteiger partial charge on any atom is 0.0840 e. The Labute approximate surface area is 115 Å². The lowest BCUT2D eigenvalue weighted by atomic mass is 9.97. The van der Waals surface area contributed by atoms with Crippen LogP contribution in [0, 0.1) is 6.92 Å². The molecule has 1 nitrogen and oxygen atoms in total. The van der Waals surface area contributed by atoms with Crippen LogP contribution in [0.2, 0.25) is 0 Å². The molecule has 0 fully saturated rings. The van der Waals surface area contributed by atoms with Crippen LogP contribution >= 0.6 is 0 Å². The first-order valence-corrected chi connectivity index (χ1v) is 6.53. The van der Waals surface area contributed by atoms with Gasteiger partial charge in [-0.25, -0.2) is 0 Å². The molecule has 2 aromatic rings. The van der Waals surface area contributed by atoms with Gasteiger partial charge in [-0.1, -0.05) is 66.2 Å². The van der Waals surface area contributed by atoms with Crippen LogP contribution in [-0.2, 0) is 5.60 Å². The second-order valence-electron chi connectivity index (χ2n) is 5.43. The van der Waals surface area contributed by atoms with Crippen LogP contribution in [-0.4, -0.2) is 5.11 Å². The first kappa shape index (κ1) is 13.6. The third-order valence-electron chi connectivity index (χ3n) is 3.16. The van der Waals surface area contributed by atoms with Gasteiger partial charge in [0.1, 0.15) is 0 Å². The molecule has 0 spiro atoms. The van der Waals surface area contributed by atoms with Gasteiger partial charge in [0.05, 0.1) is 5.60 Å². The number of hydrogen-bond donors (Lipinski definition) is 1. The molecule has 1 heteroatoms. The molecule has 0 aliphatic carbocycles. The average Bonchev–Trinajstić information content (AvgIpc) is 2.37. The number of rotatable bonds is 3. The molecule has 0 heterocycles. The van der Waals surface area contributed by atoms with Crippen molar-refractivity contribution in [2.45, 2.75) is 26.4 Å². The summed E-state index contributed by atoms with van der Waals surface area (Å²) in [6, 6.07) is 16.4. The molecule has 0 atom stereocenters. The quantitative estimate of drug-likeness (QED) is 0.803. The van der Waals surface area contributed by atoms with Crippen molar-refractivity contribution in [1.29, 1.82) is 0 Å². The van der Waals surface area contributed by atoms with E-state index in [1.165, 1.54) is 11.1 Å². The minimum atomic E-state index is -0.779. The smallest absolute Gasteiger partial charge is 0.0840 e. The molecule has 0 aliphatic rings. The maximum absolute atomic E-state index is 9.90. The van der Waals surface area contributed by atoms with Crippen LogP contribution in [0.15, 0.2) is 48.5 Å². The molecular weight excluding hydrogens is 232 g/mol. The molecule has 0 aromatic heterocycles. The molecule has 2 aromatic carbocycles. The molecule has 1 N–H and O–H groups in total. The van der Waals surface area contributed by atoms with Crippen LogP contribution in [0.5, 0.6) is 0 Å². The van der Waals surface area contributed by atoms with Crippen molar-refractivity contribution in [3.63, 3.8) is 0 Å². The van der Waals surface area contributed by atoms with E-state index < -0.39 is 5.60 Å². The lowest BCUT2D eigenvalue weighted by Crippen LogP contribution is -2.14. The Morgan fingerprint density at radius 1 is 0.789 bits per heavy atom. The van der Waals surface area contributed by atoms with E-state index in [4.69, 9.17) is 0 Å². The van der Waals surface area contributed by atoms with E-state index in [2.05, 4.69) is 43.3 Å². The van der Waals surface area contributed by atoms with E-state index >= 15 is 0 Å². The summed E-state index contributed by atoms with van der Waals surface area (Å²) >= 11 is 0. The van der Waals surface area contributed by atoms with Crippen molar-refractivity contribution in [1.82, 2.24) is 0 Å². The molecule has 98 valence electrons. The van der Waals surface area contributed by atoms with Gasteiger partial charge >= 0.3 is 0 Å². The van der Waals surface area contributed by atoms with E-state index in [1.807, 2.05) is 24.3 Å². The molecule has 0 amide bonds. The number of aryl methyl sites for hydroxylation is 1. The summed E-state index contributed by atoms with van der Waals surface area (Å²) in [6.07, 6.45) is 4.18. The third kappa shape index (κ3) is 3.80. The highest BCUT2D eigenvalue weighted by Crippen LogP contribution is 2.20. The normalized spacial score (nSPS) is 12.0. The van der Waals surface area contributed by atoms with Crippen LogP contribution in [0.25, 0.3) is 12.2 Å². The molecule has 0 saturated carbocycles. The minimum absolute atomic E-state index is 0.779. The van der Waals surface area contributed by atoms with Gasteiger partial charge in [-0.15, -0.1) is 0 Å². The second kappa shape index (κ2) is 5.41. The maximum atomic E-state index is 9.90. The Morgan fingerprint density at radius 3 is 1.63 bits per heavy atom. The molecule has 19 heavy (non-hydrogen) atoms. The van der Waals surface area contributed by atoms with Crippen LogP contribution in [0.1, 0.15) is 36.1 Å². The molecular formula is C18H20O. The predicted molar refractivity (Wildman–Crippen MR) is 81.8 cm³/mol. The van der Waals surface area contributed by atoms with E-state index in [0.717, 1.165) is 11.1 Å². The molecule has 0 saturated heterocycles. The van der Waals surface area contributed by atoms with Crippen molar-refractivity contribution in [2.75, 3.05) is 0 Å². The molecule has 0 unspecified atom stereocenters. The van der Waals surface area contributed by atoms with Gasteiger partial charge in [0, 0.05) is 0 Å². The van der Waals surface area contributed by atoms with Crippen LogP contribution in [0.3, 0.4) is 0 Å². The summed E-state index contributed by atoms with van der Waals surface area (Å²) in [5, 5.41) is 9.90. The predicted octanol–water partition coefficient (Wildman–Crippen LogP) is 4.39. The van der Waals surface area contributed by atoms with Gasteiger partial charge in [0.15, 0.2) is 0 Å². The van der Waals surface area contributed by atoms with E-state index in [1.54, 1.807) is 13.8 Å². The number of hydrogen-bond acceptors (Lipinski definition) is 1. The fraction of sp³-hybridized carbons (Fsp3) is 0.222. The van der Waals surface area contributed by atoms with Gasteiger partial charge in [-0.05, 0) is 37.5 Å². The third-order valence-corrected chi connectivity index (χ3v) is 3.16. The topological polar surface area (TPSA) is 20.2 Å². The zero-order chi connectivity index (χ0) is 13.9. The summed E-state index contributed by atoms with van der Waals surface area (Å²) in [5.74, 6) is 0. The van der Waals surface area contributed by atoms with Crippen molar-refractivity contribution >= 4 is 12.2 Å². The first-order chi connectivity index (χ1) is 8.95. The summed E-state index contributed by atoms with van der Waals surface area (Å²) < 4.78 is 0. The Kier molecular flexibility index (Phi) is 3.87. The van der Waals surface area contributed by atoms with Gasteiger partial charge < -0.3 is 5.11 Å². The second-order valence-corrected chi connectivity index (χ2v) is 5.43. The Morgan fingerprint density at radius 2 is 1.21 bits per heavy atom. The summed E-state index contributed by atoms with van der Waals surface area (Å²) in [7, 11) is 0. The van der Waals surface area contributed by atoms with Gasteiger partial charge in [-0.2, -0.15) is 0 Å². The van der Waals surface area contributed by atoms with Crippen molar-refractivity contribution < 1.29 is 5.11 Å². The fourth-order valence-electron chi connectivity index (χ4n) is 1.87. The fourth-order valence-corrected chi connectivity index (χ4v) is 1.87.